The minimum atomic E-state index is -2.77. The number of carbonyl (C=O) groups is 1. The molecule has 3 rings (SSSR count). The first-order chi connectivity index (χ1) is 16.4. The van der Waals surface area contributed by atoms with Gasteiger partial charge >= 0.3 is 5.97 Å². The number of aliphatic hydroxyl groups is 3. The quantitative estimate of drug-likeness (QED) is 0.0878. The molecular formula is C23H23ClN2O9. The van der Waals surface area contributed by atoms with E-state index in [1.165, 1.54) is 36.4 Å². The molecular weight excluding hydrogens is 484 g/mol. The smallest absolute Gasteiger partial charge is 0.335 e. The Balaban J connectivity index is 1.78. The molecule has 0 radical (unpaired) electrons. The lowest BCUT2D eigenvalue weighted by Crippen LogP contribution is -2.51. The molecule has 0 saturated carbocycles. The number of rotatable bonds is 9. The molecule has 11 nitrogen and oxygen atoms in total. The molecule has 35 heavy (non-hydrogen) atoms. The number of carboxylic acids is 1. The van der Waals surface area contributed by atoms with Crippen molar-refractivity contribution in [1.29, 1.82) is 0 Å². The van der Waals surface area contributed by atoms with Crippen molar-refractivity contribution in [3.05, 3.63) is 64.7 Å². The molecule has 0 aliphatic heterocycles. The van der Waals surface area contributed by atoms with E-state index < -0.39 is 46.7 Å². The molecule has 0 bridgehead atoms. The van der Waals surface area contributed by atoms with Gasteiger partial charge in [0.15, 0.2) is 17.2 Å². The van der Waals surface area contributed by atoms with Crippen LogP contribution in [0.15, 0.2) is 48.5 Å². The van der Waals surface area contributed by atoms with Crippen LogP contribution in [0.2, 0.25) is 5.02 Å². The zero-order chi connectivity index (χ0) is 25.9. The lowest BCUT2D eigenvalue weighted by molar-refractivity contribution is -0.247. The Kier molecular flexibility index (Phi) is 7.58. The van der Waals surface area contributed by atoms with Gasteiger partial charge in [-0.05, 0) is 35.4 Å². The number of aromatic carboxylic acids is 1. The first kappa shape index (κ1) is 25.9. The van der Waals surface area contributed by atoms with Crippen LogP contribution in [0.4, 0.5) is 5.69 Å². The highest BCUT2D eigenvalue weighted by Gasteiger charge is 2.34. The Hall–Kier alpha value is -3.74. The van der Waals surface area contributed by atoms with E-state index in [-0.39, 0.29) is 40.4 Å². The molecule has 12 heteroatoms. The monoisotopic (exact) mass is 506 g/mol. The van der Waals surface area contributed by atoms with Gasteiger partial charge in [-0.15, -0.1) is 0 Å². The highest BCUT2D eigenvalue weighted by Crippen LogP contribution is 2.54. The summed E-state index contributed by atoms with van der Waals surface area (Å²) in [6.45, 7) is -0.403. The minimum absolute atomic E-state index is 0.0470. The summed E-state index contributed by atoms with van der Waals surface area (Å²) in [5, 5.41) is 86.2. The zero-order valence-corrected chi connectivity index (χ0v) is 18.7. The maximum Gasteiger partial charge on any atom is 0.335 e. The number of aliphatic hydroxyl groups excluding tert-OH is 1. The van der Waals surface area contributed by atoms with Crippen molar-refractivity contribution in [2.75, 3.05) is 18.4 Å². The normalized spacial score (nSPS) is 12.3. The van der Waals surface area contributed by atoms with E-state index in [0.29, 0.717) is 0 Å². The van der Waals surface area contributed by atoms with Gasteiger partial charge in [-0.1, -0.05) is 35.9 Å². The number of halogens is 1. The summed E-state index contributed by atoms with van der Waals surface area (Å²) in [5.74, 6) is -7.45. The minimum Gasteiger partial charge on any atom is -0.505 e. The molecule has 1 unspecified atom stereocenters. The lowest BCUT2D eigenvalue weighted by atomic mass is 9.99. The van der Waals surface area contributed by atoms with Crippen molar-refractivity contribution >= 4 is 23.3 Å². The van der Waals surface area contributed by atoms with Gasteiger partial charge in [-0.2, -0.15) is 0 Å². The Labute approximate surface area is 203 Å². The lowest BCUT2D eigenvalue weighted by Gasteiger charge is -2.29. The van der Waals surface area contributed by atoms with Crippen LogP contribution in [-0.2, 0) is 0 Å². The fraction of sp³-hybridized carbons (Fsp3) is 0.174. The van der Waals surface area contributed by atoms with Gasteiger partial charge in [0.05, 0.1) is 11.1 Å². The van der Waals surface area contributed by atoms with Crippen molar-refractivity contribution in [3.8, 4) is 34.1 Å². The molecule has 3 aromatic carbocycles. The molecule has 10 N–H and O–H groups in total. The Bertz CT molecular complexity index is 1250. The second-order valence-electron chi connectivity index (χ2n) is 7.57. The van der Waals surface area contributed by atoms with E-state index in [0.717, 1.165) is 6.07 Å². The van der Waals surface area contributed by atoms with E-state index in [4.69, 9.17) is 11.6 Å². The SMILES string of the molecule is O=C(O)c1cccc(-c2c(O)c(O)c(O)c(NCCNC(O)(O)C(O)c3cccc(Cl)c3)c2O)c1. The highest BCUT2D eigenvalue weighted by atomic mass is 35.5. The number of anilines is 1. The number of benzene rings is 3. The second kappa shape index (κ2) is 10.3. The van der Waals surface area contributed by atoms with Crippen LogP contribution in [0.5, 0.6) is 23.0 Å². The van der Waals surface area contributed by atoms with Crippen LogP contribution < -0.4 is 10.6 Å². The molecule has 0 saturated heterocycles. The Morgan fingerprint density at radius 2 is 1.60 bits per heavy atom. The van der Waals surface area contributed by atoms with Crippen LogP contribution in [-0.4, -0.2) is 65.8 Å². The topological polar surface area (TPSA) is 203 Å². The summed E-state index contributed by atoms with van der Waals surface area (Å²) >= 11 is 5.85. The maximum atomic E-state index is 11.3. The first-order valence-electron chi connectivity index (χ1n) is 10.1. The van der Waals surface area contributed by atoms with Crippen LogP contribution in [0.3, 0.4) is 0 Å². The van der Waals surface area contributed by atoms with E-state index in [1.807, 2.05) is 0 Å². The number of phenolic OH excluding ortho intramolecular Hbond substituents is 4. The van der Waals surface area contributed by atoms with E-state index >= 15 is 0 Å². The molecule has 1 atom stereocenters. The first-order valence-corrected chi connectivity index (χ1v) is 10.5. The van der Waals surface area contributed by atoms with Gasteiger partial charge in [-0.25, -0.2) is 4.79 Å². The zero-order valence-electron chi connectivity index (χ0n) is 18.0. The second-order valence-corrected chi connectivity index (χ2v) is 8.00. The van der Waals surface area contributed by atoms with Gasteiger partial charge in [0, 0.05) is 18.1 Å². The third kappa shape index (κ3) is 5.50. The summed E-state index contributed by atoms with van der Waals surface area (Å²) in [6.07, 6.45) is -1.77. The summed E-state index contributed by atoms with van der Waals surface area (Å²) in [5.41, 5.74) is -0.711. The summed E-state index contributed by atoms with van der Waals surface area (Å²) in [4.78, 5) is 11.3. The molecule has 0 heterocycles. The number of carboxylic acid groups (broad SMARTS) is 1. The third-order valence-corrected chi connectivity index (χ3v) is 5.39. The largest absolute Gasteiger partial charge is 0.505 e. The van der Waals surface area contributed by atoms with E-state index in [9.17, 15) is 45.6 Å². The van der Waals surface area contributed by atoms with E-state index in [1.54, 1.807) is 6.07 Å². The molecule has 186 valence electrons. The highest BCUT2D eigenvalue weighted by molar-refractivity contribution is 6.30. The molecule has 0 aliphatic rings. The molecule has 0 amide bonds. The van der Waals surface area contributed by atoms with E-state index in [2.05, 4.69) is 10.6 Å². The third-order valence-electron chi connectivity index (χ3n) is 5.15. The Morgan fingerprint density at radius 1 is 0.914 bits per heavy atom. The van der Waals surface area contributed by atoms with Crippen LogP contribution in [0, 0.1) is 0 Å². The standard InChI is InChI=1S/C23H23ClN2O9/c24-14-6-2-4-12(10-14)21(31)23(34,35)26-8-7-25-16-17(27)15(18(28)20(30)19(16)29)11-3-1-5-13(9-11)22(32)33/h1-6,9-10,21,25-31,34-35H,7-8H2,(H,32,33). The number of aromatic hydroxyl groups is 4. The van der Waals surface area contributed by atoms with Crippen molar-refractivity contribution in [2.24, 2.45) is 0 Å². The predicted octanol–water partition coefficient (Wildman–Crippen LogP) is 1.90. The average molecular weight is 507 g/mol. The van der Waals surface area contributed by atoms with Gasteiger partial charge in [-0.3, -0.25) is 5.32 Å². The number of hydrogen-bond donors (Lipinski definition) is 10. The molecule has 0 aromatic heterocycles. The molecule has 3 aromatic rings. The summed E-state index contributed by atoms with van der Waals surface area (Å²) in [7, 11) is 0. The van der Waals surface area contributed by atoms with Gasteiger partial charge in [0.1, 0.15) is 11.8 Å². The van der Waals surface area contributed by atoms with Crippen molar-refractivity contribution in [1.82, 2.24) is 5.32 Å². The van der Waals surface area contributed by atoms with Gasteiger partial charge in [0.2, 0.25) is 5.75 Å². The molecule has 0 aliphatic carbocycles. The van der Waals surface area contributed by atoms with Crippen molar-refractivity contribution in [3.63, 3.8) is 0 Å². The Morgan fingerprint density at radius 3 is 2.26 bits per heavy atom. The van der Waals surface area contributed by atoms with Crippen molar-refractivity contribution < 1.29 is 45.6 Å². The number of nitrogens with one attached hydrogen (secondary N) is 2. The number of phenols is 4. The van der Waals surface area contributed by atoms with Crippen LogP contribution in [0.1, 0.15) is 22.0 Å². The summed E-state index contributed by atoms with van der Waals surface area (Å²) < 4.78 is 0. The van der Waals surface area contributed by atoms with Crippen LogP contribution >= 0.6 is 11.6 Å². The molecule has 0 fully saturated rings. The van der Waals surface area contributed by atoms with Crippen LogP contribution in [0.25, 0.3) is 11.1 Å². The maximum absolute atomic E-state index is 11.3. The summed E-state index contributed by atoms with van der Waals surface area (Å²) in [6, 6.07) is 11.0. The van der Waals surface area contributed by atoms with Gasteiger partial charge < -0.3 is 46.2 Å². The fourth-order valence-electron chi connectivity index (χ4n) is 3.39. The number of hydrogen-bond acceptors (Lipinski definition) is 10. The van der Waals surface area contributed by atoms with Gasteiger partial charge in [0.25, 0.3) is 5.91 Å². The molecule has 0 spiro atoms. The fourth-order valence-corrected chi connectivity index (χ4v) is 3.59. The predicted molar refractivity (Wildman–Crippen MR) is 126 cm³/mol. The average Bonchev–Trinajstić information content (AvgIpc) is 2.82. The van der Waals surface area contributed by atoms with Crippen molar-refractivity contribution in [2.45, 2.75) is 12.0 Å².